The number of methoxy groups -OCH3 is 1. The molecule has 0 aliphatic heterocycles. The Balaban J connectivity index is 1.81. The van der Waals surface area contributed by atoms with Gasteiger partial charge in [-0.15, -0.1) is 0 Å². The van der Waals surface area contributed by atoms with Gasteiger partial charge >= 0.3 is 0 Å². The second-order valence-electron chi connectivity index (χ2n) is 5.23. The summed E-state index contributed by atoms with van der Waals surface area (Å²) in [7, 11) is 1.48. The molecular weight excluding hydrogens is 319 g/mol. The maximum Gasteiger partial charge on any atom is 0.165 e. The predicted octanol–water partition coefficient (Wildman–Crippen LogP) is 4.69. The summed E-state index contributed by atoms with van der Waals surface area (Å²) in [6, 6.07) is 13.7. The molecule has 2 aromatic rings. The fraction of sp³-hybridized carbons (Fsp3) is 0.294. The van der Waals surface area contributed by atoms with Crippen molar-refractivity contribution >= 4 is 15.9 Å². The first-order valence-corrected chi connectivity index (χ1v) is 7.65. The average molecular weight is 335 g/mol. The Bertz CT molecular complexity index is 601. The van der Waals surface area contributed by atoms with E-state index in [1.54, 1.807) is 12.1 Å². The Morgan fingerprint density at radius 3 is 2.35 bits per heavy atom. The van der Waals surface area contributed by atoms with Crippen molar-refractivity contribution < 1.29 is 9.13 Å². The Morgan fingerprint density at radius 1 is 1.15 bits per heavy atom. The van der Waals surface area contributed by atoms with Crippen molar-refractivity contribution in [2.75, 3.05) is 7.11 Å². The van der Waals surface area contributed by atoms with E-state index in [0.717, 1.165) is 18.4 Å². The van der Waals surface area contributed by atoms with Crippen LogP contribution in [0.5, 0.6) is 5.75 Å². The first-order chi connectivity index (χ1) is 9.69. The molecule has 0 heterocycles. The Kier molecular flexibility index (Phi) is 3.79. The van der Waals surface area contributed by atoms with Crippen molar-refractivity contribution in [3.8, 4) is 5.75 Å². The molecule has 1 aliphatic rings. The molecule has 0 N–H and O–H groups in total. The largest absolute Gasteiger partial charge is 0.494 e. The van der Waals surface area contributed by atoms with Gasteiger partial charge in [-0.05, 0) is 47.6 Å². The summed E-state index contributed by atoms with van der Waals surface area (Å²) in [6.07, 6.45) is 2.08. The van der Waals surface area contributed by atoms with Crippen LogP contribution in [0.15, 0.2) is 42.5 Å². The fourth-order valence-corrected chi connectivity index (χ4v) is 3.58. The van der Waals surface area contributed by atoms with E-state index in [9.17, 15) is 4.39 Å². The van der Waals surface area contributed by atoms with Crippen LogP contribution in [0.2, 0.25) is 0 Å². The van der Waals surface area contributed by atoms with E-state index in [1.165, 1.54) is 18.2 Å². The number of halogens is 2. The van der Waals surface area contributed by atoms with Gasteiger partial charge in [-0.25, -0.2) is 4.39 Å². The van der Waals surface area contributed by atoms with Crippen LogP contribution in [0.25, 0.3) is 0 Å². The van der Waals surface area contributed by atoms with Gasteiger partial charge in [0.15, 0.2) is 11.6 Å². The zero-order valence-corrected chi connectivity index (χ0v) is 12.9. The van der Waals surface area contributed by atoms with Gasteiger partial charge < -0.3 is 4.74 Å². The highest BCUT2D eigenvalue weighted by Crippen LogP contribution is 2.41. The van der Waals surface area contributed by atoms with Crippen LogP contribution in [0.4, 0.5) is 4.39 Å². The molecule has 0 amide bonds. The van der Waals surface area contributed by atoms with Crippen LogP contribution < -0.4 is 4.74 Å². The molecule has 0 radical (unpaired) electrons. The van der Waals surface area contributed by atoms with Crippen LogP contribution in [0.1, 0.15) is 21.5 Å². The number of alkyl halides is 1. The van der Waals surface area contributed by atoms with Crippen molar-refractivity contribution in [1.82, 2.24) is 0 Å². The summed E-state index contributed by atoms with van der Waals surface area (Å²) in [5.41, 5.74) is 3.80. The first-order valence-electron chi connectivity index (χ1n) is 6.73. The fourth-order valence-electron chi connectivity index (χ4n) is 2.93. The van der Waals surface area contributed by atoms with Crippen LogP contribution in [-0.2, 0) is 12.8 Å². The summed E-state index contributed by atoms with van der Waals surface area (Å²) in [4.78, 5) is 0.162. The van der Waals surface area contributed by atoms with Gasteiger partial charge in [0, 0.05) is 4.83 Å². The summed E-state index contributed by atoms with van der Waals surface area (Å²) < 4.78 is 18.8. The summed E-state index contributed by atoms with van der Waals surface area (Å²) in [5.74, 6) is 0.466. The highest BCUT2D eigenvalue weighted by molar-refractivity contribution is 9.09. The zero-order valence-electron chi connectivity index (χ0n) is 11.3. The molecule has 1 atom stereocenters. The van der Waals surface area contributed by atoms with E-state index < -0.39 is 0 Å². The first kappa shape index (κ1) is 13.6. The molecule has 1 nitrogen and oxygen atoms in total. The van der Waals surface area contributed by atoms with Crippen molar-refractivity contribution in [3.05, 3.63) is 65.0 Å². The molecule has 20 heavy (non-hydrogen) atoms. The molecule has 0 spiro atoms. The summed E-state index contributed by atoms with van der Waals surface area (Å²) in [6.45, 7) is 0. The second kappa shape index (κ2) is 5.57. The lowest BCUT2D eigenvalue weighted by atomic mass is 9.96. The molecule has 0 saturated carbocycles. The van der Waals surface area contributed by atoms with E-state index >= 15 is 0 Å². The molecule has 2 aromatic carbocycles. The van der Waals surface area contributed by atoms with Gasteiger partial charge in [0.1, 0.15) is 0 Å². The topological polar surface area (TPSA) is 9.23 Å². The highest BCUT2D eigenvalue weighted by atomic mass is 79.9. The Labute approximate surface area is 126 Å². The van der Waals surface area contributed by atoms with E-state index in [0.29, 0.717) is 11.7 Å². The standard InChI is InChI=1S/C17H16BrFO/c1-20-16-7-6-13(10-15(16)19)17(18)14-8-11-4-2-3-5-12(11)9-14/h2-7,10,14,17H,8-9H2,1H3. The molecule has 1 aliphatic carbocycles. The summed E-state index contributed by atoms with van der Waals surface area (Å²) in [5, 5.41) is 0. The van der Waals surface area contributed by atoms with Crippen molar-refractivity contribution in [2.24, 2.45) is 5.92 Å². The quantitative estimate of drug-likeness (QED) is 0.740. The molecule has 3 rings (SSSR count). The number of hydrogen-bond donors (Lipinski definition) is 0. The number of hydrogen-bond acceptors (Lipinski definition) is 1. The Morgan fingerprint density at radius 2 is 1.80 bits per heavy atom. The zero-order chi connectivity index (χ0) is 14.1. The van der Waals surface area contributed by atoms with Gasteiger partial charge in [0.05, 0.1) is 7.11 Å². The second-order valence-corrected chi connectivity index (χ2v) is 6.22. The van der Waals surface area contributed by atoms with Crippen LogP contribution in [-0.4, -0.2) is 7.11 Å². The SMILES string of the molecule is COc1ccc(C(Br)C2Cc3ccccc3C2)cc1F. The van der Waals surface area contributed by atoms with E-state index in [4.69, 9.17) is 4.74 Å². The van der Waals surface area contributed by atoms with Crippen LogP contribution >= 0.6 is 15.9 Å². The lowest BCUT2D eigenvalue weighted by Gasteiger charge is -2.18. The monoisotopic (exact) mass is 334 g/mol. The molecule has 0 bridgehead atoms. The van der Waals surface area contributed by atoms with Gasteiger partial charge in [0.2, 0.25) is 0 Å². The van der Waals surface area contributed by atoms with Crippen LogP contribution in [0, 0.1) is 11.7 Å². The molecule has 0 aromatic heterocycles. The average Bonchev–Trinajstić information content (AvgIpc) is 2.90. The third-order valence-corrected chi connectivity index (χ3v) is 5.27. The van der Waals surface area contributed by atoms with Gasteiger partial charge in [0.25, 0.3) is 0 Å². The van der Waals surface area contributed by atoms with Crippen molar-refractivity contribution in [1.29, 1.82) is 0 Å². The minimum atomic E-state index is -0.301. The third kappa shape index (κ3) is 2.47. The van der Waals surface area contributed by atoms with E-state index in [1.807, 2.05) is 6.07 Å². The number of ether oxygens (including phenoxy) is 1. The number of benzene rings is 2. The summed E-state index contributed by atoms with van der Waals surface area (Å²) >= 11 is 3.74. The Hall–Kier alpha value is -1.35. The van der Waals surface area contributed by atoms with Crippen molar-refractivity contribution in [2.45, 2.75) is 17.7 Å². The molecule has 1 unspecified atom stereocenters. The minimum Gasteiger partial charge on any atom is -0.494 e. The molecule has 0 saturated heterocycles. The molecule has 3 heteroatoms. The maximum absolute atomic E-state index is 13.8. The number of rotatable bonds is 3. The molecule has 0 fully saturated rings. The van der Waals surface area contributed by atoms with Gasteiger partial charge in [-0.2, -0.15) is 0 Å². The lowest BCUT2D eigenvalue weighted by Crippen LogP contribution is -2.08. The predicted molar refractivity (Wildman–Crippen MR) is 82.0 cm³/mol. The highest BCUT2D eigenvalue weighted by Gasteiger charge is 2.28. The maximum atomic E-state index is 13.8. The number of fused-ring (bicyclic) bond motifs is 1. The molecule has 104 valence electrons. The van der Waals surface area contributed by atoms with E-state index in [2.05, 4.69) is 40.2 Å². The molecular formula is C17H16BrFO. The van der Waals surface area contributed by atoms with Crippen molar-refractivity contribution in [3.63, 3.8) is 0 Å². The van der Waals surface area contributed by atoms with Gasteiger partial charge in [-0.1, -0.05) is 46.3 Å². The minimum absolute atomic E-state index is 0.162. The normalized spacial score (nSPS) is 15.9. The lowest BCUT2D eigenvalue weighted by molar-refractivity contribution is 0.386. The smallest absolute Gasteiger partial charge is 0.165 e. The van der Waals surface area contributed by atoms with Crippen LogP contribution in [0.3, 0.4) is 0 Å². The van der Waals surface area contributed by atoms with E-state index in [-0.39, 0.29) is 10.6 Å². The van der Waals surface area contributed by atoms with Gasteiger partial charge in [-0.3, -0.25) is 0 Å². The third-order valence-electron chi connectivity index (χ3n) is 3.99.